The van der Waals surface area contributed by atoms with Crippen LogP contribution in [0.15, 0.2) is 41.3 Å². The number of nitrogens with zero attached hydrogens (tertiary/aromatic N) is 3. The molecular formula is C29H36N4O5. The topological polar surface area (TPSA) is 106 Å². The molecule has 1 saturated heterocycles. The van der Waals surface area contributed by atoms with Crippen LogP contribution in [0.25, 0.3) is 22.2 Å². The van der Waals surface area contributed by atoms with Gasteiger partial charge in [0.15, 0.2) is 0 Å². The number of pyridine rings is 2. The number of carbonyl (C=O) groups excluding carboxylic acids is 1. The Balaban J connectivity index is 1.54. The van der Waals surface area contributed by atoms with Crippen LogP contribution in [0.4, 0.5) is 0 Å². The van der Waals surface area contributed by atoms with Crippen molar-refractivity contribution in [1.82, 2.24) is 19.8 Å². The Labute approximate surface area is 222 Å². The van der Waals surface area contributed by atoms with Crippen LogP contribution in [0.3, 0.4) is 0 Å². The van der Waals surface area contributed by atoms with Crippen LogP contribution in [0, 0.1) is 5.92 Å². The summed E-state index contributed by atoms with van der Waals surface area (Å²) in [6.07, 6.45) is 5.50. The fraction of sp³-hybridized carbons (Fsp3) is 0.483. The van der Waals surface area contributed by atoms with Gasteiger partial charge in [0.25, 0.3) is 11.5 Å². The number of aromatic nitrogens is 2. The number of methoxy groups -OCH3 is 1. The number of fused-ring (bicyclic) bond motifs is 1. The lowest BCUT2D eigenvalue weighted by molar-refractivity contribution is 0.0364. The van der Waals surface area contributed by atoms with Crippen molar-refractivity contribution in [2.75, 3.05) is 40.0 Å². The Bertz CT molecular complexity index is 1340. The highest BCUT2D eigenvalue weighted by molar-refractivity contribution is 6.02. The van der Waals surface area contributed by atoms with Crippen LogP contribution in [0.2, 0.25) is 0 Å². The van der Waals surface area contributed by atoms with Crippen molar-refractivity contribution >= 4 is 16.9 Å². The number of nitrogens with one attached hydrogen (secondary N) is 1. The van der Waals surface area contributed by atoms with Crippen LogP contribution < -0.4 is 15.6 Å². The summed E-state index contributed by atoms with van der Waals surface area (Å²) in [4.78, 5) is 33.9. The van der Waals surface area contributed by atoms with E-state index in [9.17, 15) is 14.7 Å². The third-order valence-electron chi connectivity index (χ3n) is 7.82. The van der Waals surface area contributed by atoms with E-state index in [0.717, 1.165) is 55.6 Å². The second-order valence-electron chi connectivity index (χ2n) is 10.4. The Hall–Kier alpha value is -3.43. The van der Waals surface area contributed by atoms with Gasteiger partial charge in [0, 0.05) is 44.0 Å². The van der Waals surface area contributed by atoms with Gasteiger partial charge >= 0.3 is 0 Å². The highest BCUT2D eigenvalue weighted by Crippen LogP contribution is 2.31. The summed E-state index contributed by atoms with van der Waals surface area (Å²) < 4.78 is 12.2. The average Bonchev–Trinajstić information content (AvgIpc) is 2.95. The summed E-state index contributed by atoms with van der Waals surface area (Å²) in [5, 5.41) is 14.7. The van der Waals surface area contributed by atoms with Gasteiger partial charge in [0.1, 0.15) is 22.7 Å². The average molecular weight is 521 g/mol. The van der Waals surface area contributed by atoms with E-state index < -0.39 is 11.5 Å². The molecule has 2 aliphatic rings. The van der Waals surface area contributed by atoms with Gasteiger partial charge in [-0.05, 0) is 55.4 Å². The standard InChI is InChI=1S/C29H36N4O5/c1-19-3-7-22(8-4-19)31-28(35)25-26(34)24-17-21(20-5-9-23(37-2)10-6-20)18-30-27(24)33(29(25)36)12-11-32-13-15-38-16-14-32/h5-6,9-10,17-19,22,34H,3-4,7-8,11-16H2,1-2H3,(H,31,35). The summed E-state index contributed by atoms with van der Waals surface area (Å²) in [6, 6.07) is 9.32. The van der Waals surface area contributed by atoms with Gasteiger partial charge < -0.3 is 19.9 Å². The molecule has 38 heavy (non-hydrogen) atoms. The van der Waals surface area contributed by atoms with Crippen LogP contribution in [-0.2, 0) is 11.3 Å². The minimum atomic E-state index is -0.524. The second-order valence-corrected chi connectivity index (χ2v) is 10.4. The number of aromatic hydroxyl groups is 1. The number of amides is 1. The summed E-state index contributed by atoms with van der Waals surface area (Å²) in [6.45, 7) is 6.07. The third-order valence-corrected chi connectivity index (χ3v) is 7.82. The van der Waals surface area contributed by atoms with Crippen molar-refractivity contribution in [2.24, 2.45) is 5.92 Å². The number of carbonyl (C=O) groups is 1. The molecular weight excluding hydrogens is 484 g/mol. The molecule has 9 heteroatoms. The molecule has 1 saturated carbocycles. The molecule has 0 unspecified atom stereocenters. The largest absolute Gasteiger partial charge is 0.506 e. The van der Waals surface area contributed by atoms with Crippen molar-refractivity contribution in [3.63, 3.8) is 0 Å². The maximum Gasteiger partial charge on any atom is 0.268 e. The Morgan fingerprint density at radius 3 is 2.50 bits per heavy atom. The molecule has 0 spiro atoms. The number of hydrogen-bond acceptors (Lipinski definition) is 7. The molecule has 2 fully saturated rings. The van der Waals surface area contributed by atoms with Crippen molar-refractivity contribution in [1.29, 1.82) is 0 Å². The summed E-state index contributed by atoms with van der Waals surface area (Å²) in [5.74, 6) is 0.525. The van der Waals surface area contributed by atoms with E-state index >= 15 is 0 Å². The van der Waals surface area contributed by atoms with E-state index in [1.165, 1.54) is 4.57 Å². The molecule has 1 amide bonds. The maximum atomic E-state index is 13.7. The Morgan fingerprint density at radius 1 is 1.11 bits per heavy atom. The molecule has 1 aliphatic heterocycles. The predicted octanol–water partition coefficient (Wildman–Crippen LogP) is 3.42. The van der Waals surface area contributed by atoms with Gasteiger partial charge in [-0.3, -0.25) is 19.1 Å². The fourth-order valence-corrected chi connectivity index (χ4v) is 5.40. The van der Waals surface area contributed by atoms with Crippen LogP contribution in [0.5, 0.6) is 11.5 Å². The Morgan fingerprint density at radius 2 is 1.82 bits per heavy atom. The number of ether oxygens (including phenoxy) is 2. The molecule has 9 nitrogen and oxygen atoms in total. The lowest BCUT2D eigenvalue weighted by Gasteiger charge is -2.28. The minimum Gasteiger partial charge on any atom is -0.506 e. The van der Waals surface area contributed by atoms with Gasteiger partial charge in [0.05, 0.1) is 25.7 Å². The first-order valence-electron chi connectivity index (χ1n) is 13.5. The zero-order valence-corrected chi connectivity index (χ0v) is 22.1. The van der Waals surface area contributed by atoms with Gasteiger partial charge in [-0.25, -0.2) is 4.98 Å². The van der Waals surface area contributed by atoms with E-state index in [0.29, 0.717) is 43.3 Å². The highest BCUT2D eigenvalue weighted by atomic mass is 16.5. The van der Waals surface area contributed by atoms with E-state index in [4.69, 9.17) is 9.47 Å². The van der Waals surface area contributed by atoms with Crippen LogP contribution in [-0.4, -0.2) is 71.5 Å². The molecule has 5 rings (SSSR count). The molecule has 1 aromatic carbocycles. The zero-order valence-electron chi connectivity index (χ0n) is 22.1. The molecule has 1 aliphatic carbocycles. The van der Waals surface area contributed by atoms with Gasteiger partial charge in [-0.15, -0.1) is 0 Å². The van der Waals surface area contributed by atoms with Gasteiger partial charge in [-0.2, -0.15) is 0 Å². The summed E-state index contributed by atoms with van der Waals surface area (Å²) >= 11 is 0. The lowest BCUT2D eigenvalue weighted by atomic mass is 9.87. The van der Waals surface area contributed by atoms with E-state index in [1.54, 1.807) is 19.4 Å². The number of rotatable bonds is 7. The second kappa shape index (κ2) is 11.5. The normalized spacial score (nSPS) is 20.4. The molecule has 2 aromatic heterocycles. The SMILES string of the molecule is COc1ccc(-c2cnc3c(c2)c(O)c(C(=O)NC2CCC(C)CC2)c(=O)n3CCN2CCOCC2)cc1. The molecule has 2 N–H and O–H groups in total. The van der Waals surface area contributed by atoms with Crippen LogP contribution >= 0.6 is 0 Å². The predicted molar refractivity (Wildman–Crippen MR) is 146 cm³/mol. The minimum absolute atomic E-state index is 0.00115. The molecule has 3 heterocycles. The van der Waals surface area contributed by atoms with Crippen molar-refractivity contribution in [3.05, 3.63) is 52.4 Å². The van der Waals surface area contributed by atoms with E-state index in [-0.39, 0.29) is 17.4 Å². The zero-order chi connectivity index (χ0) is 26.6. The lowest BCUT2D eigenvalue weighted by Crippen LogP contribution is -2.42. The van der Waals surface area contributed by atoms with Crippen molar-refractivity contribution in [2.45, 2.75) is 45.2 Å². The molecule has 0 atom stereocenters. The first-order chi connectivity index (χ1) is 18.4. The van der Waals surface area contributed by atoms with Gasteiger partial charge in [0.2, 0.25) is 0 Å². The van der Waals surface area contributed by atoms with Crippen LogP contribution in [0.1, 0.15) is 43.0 Å². The number of hydrogen-bond donors (Lipinski definition) is 2. The highest BCUT2D eigenvalue weighted by Gasteiger charge is 2.27. The first kappa shape index (κ1) is 26.2. The van der Waals surface area contributed by atoms with E-state index in [2.05, 4.69) is 22.1 Å². The first-order valence-corrected chi connectivity index (χ1v) is 13.5. The van der Waals surface area contributed by atoms with E-state index in [1.807, 2.05) is 24.3 Å². The maximum absolute atomic E-state index is 13.7. The molecule has 0 bridgehead atoms. The molecule has 3 aromatic rings. The Kier molecular flexibility index (Phi) is 7.95. The quantitative estimate of drug-likeness (QED) is 0.492. The number of benzene rings is 1. The monoisotopic (exact) mass is 520 g/mol. The summed E-state index contributed by atoms with van der Waals surface area (Å²) in [5.41, 5.74) is 1.27. The smallest absolute Gasteiger partial charge is 0.268 e. The van der Waals surface area contributed by atoms with Gasteiger partial charge in [-0.1, -0.05) is 19.1 Å². The van der Waals surface area contributed by atoms with Crippen molar-refractivity contribution in [3.8, 4) is 22.6 Å². The van der Waals surface area contributed by atoms with Crippen molar-refractivity contribution < 1.29 is 19.4 Å². The fourth-order valence-electron chi connectivity index (χ4n) is 5.40. The number of morpholine rings is 1. The molecule has 0 radical (unpaired) electrons. The molecule has 202 valence electrons. The third kappa shape index (κ3) is 5.54. The summed E-state index contributed by atoms with van der Waals surface area (Å²) in [7, 11) is 1.61.